The highest BCUT2D eigenvalue weighted by molar-refractivity contribution is 6.03. The van der Waals surface area contributed by atoms with Gasteiger partial charge in [0, 0.05) is 56.0 Å². The average Bonchev–Trinajstić information content (AvgIpc) is 3.42. The number of nitrogens with zero attached hydrogens (tertiary/aromatic N) is 2. The Morgan fingerprint density at radius 3 is 2.79 bits per heavy atom. The van der Waals surface area contributed by atoms with Crippen molar-refractivity contribution in [1.82, 2.24) is 14.8 Å². The Labute approximate surface area is 201 Å². The van der Waals surface area contributed by atoms with Crippen LogP contribution in [0, 0.1) is 26.6 Å². The number of ether oxygens (including phenoxy) is 1. The summed E-state index contributed by atoms with van der Waals surface area (Å²) in [4.78, 5) is 21.2. The van der Waals surface area contributed by atoms with E-state index in [0.29, 0.717) is 24.8 Å². The Kier molecular flexibility index (Phi) is 7.24. The van der Waals surface area contributed by atoms with Crippen molar-refractivity contribution < 1.29 is 13.9 Å². The zero-order chi connectivity index (χ0) is 24.4. The summed E-state index contributed by atoms with van der Waals surface area (Å²) in [6, 6.07) is 9.13. The average molecular weight is 467 g/mol. The molecule has 1 aliphatic rings. The van der Waals surface area contributed by atoms with Crippen molar-refractivity contribution in [2.24, 2.45) is 0 Å². The predicted molar refractivity (Wildman–Crippen MR) is 135 cm³/mol. The number of carbonyl (C=O) groups excluding carboxylic acids is 1. The van der Waals surface area contributed by atoms with Gasteiger partial charge in [0.05, 0.1) is 17.8 Å². The van der Waals surface area contributed by atoms with Crippen molar-refractivity contribution in [1.29, 1.82) is 0 Å². The maximum atomic E-state index is 13.5. The van der Waals surface area contributed by atoms with Crippen LogP contribution in [-0.4, -0.2) is 67.1 Å². The molecule has 2 N–H and O–H groups in total. The Bertz CT molecular complexity index is 1190. The molecule has 0 radical (unpaired) electrons. The fourth-order valence-corrected chi connectivity index (χ4v) is 4.75. The first-order valence-corrected chi connectivity index (χ1v) is 11.9. The standard InChI is InChI=1S/C27H35FN4O2/c1-17-12-22(28)7-6-20(17)15-29-25-14-21(13-24-18(2)19(3)30-26(24)25)27(33)32-9-8-23(16-32)31(4)10-11-34-5/h6-7,12-14,23,29-30H,8-11,15-16H2,1-5H3. The molecule has 1 aromatic heterocycles. The molecular formula is C27H35FN4O2. The van der Waals surface area contributed by atoms with E-state index >= 15 is 0 Å². The first-order chi connectivity index (χ1) is 16.3. The number of fused-ring (bicyclic) bond motifs is 1. The molecule has 6 nitrogen and oxygen atoms in total. The van der Waals surface area contributed by atoms with Gasteiger partial charge >= 0.3 is 0 Å². The summed E-state index contributed by atoms with van der Waals surface area (Å²) in [5.41, 5.74) is 6.71. The number of anilines is 1. The fraction of sp³-hybridized carbons (Fsp3) is 0.444. The van der Waals surface area contributed by atoms with Gasteiger partial charge in [-0.1, -0.05) is 6.07 Å². The maximum Gasteiger partial charge on any atom is 0.254 e. The number of carbonyl (C=O) groups is 1. The van der Waals surface area contributed by atoms with Crippen molar-refractivity contribution in [3.05, 3.63) is 64.1 Å². The van der Waals surface area contributed by atoms with E-state index in [4.69, 9.17) is 4.74 Å². The zero-order valence-electron chi connectivity index (χ0n) is 20.8. The highest BCUT2D eigenvalue weighted by Gasteiger charge is 2.30. The number of amides is 1. The number of benzene rings is 2. The number of halogens is 1. The highest BCUT2D eigenvalue weighted by atomic mass is 19.1. The molecule has 4 rings (SSSR count). The van der Waals surface area contributed by atoms with Gasteiger partial charge in [-0.15, -0.1) is 0 Å². The second-order valence-electron chi connectivity index (χ2n) is 9.41. The summed E-state index contributed by atoms with van der Waals surface area (Å²) < 4.78 is 18.7. The quantitative estimate of drug-likeness (QED) is 0.508. The van der Waals surface area contributed by atoms with E-state index in [1.165, 1.54) is 6.07 Å². The number of nitrogens with one attached hydrogen (secondary N) is 2. The van der Waals surface area contributed by atoms with Gasteiger partial charge in [-0.3, -0.25) is 9.69 Å². The lowest BCUT2D eigenvalue weighted by Crippen LogP contribution is -2.38. The normalized spacial score (nSPS) is 16.1. The van der Waals surface area contributed by atoms with Gasteiger partial charge in [0.2, 0.25) is 0 Å². The number of likely N-dealkylation sites (N-methyl/N-ethyl adjacent to an activating group) is 1. The smallest absolute Gasteiger partial charge is 0.254 e. The maximum absolute atomic E-state index is 13.5. The van der Waals surface area contributed by atoms with Crippen LogP contribution in [0.2, 0.25) is 0 Å². The summed E-state index contributed by atoms with van der Waals surface area (Å²) >= 11 is 0. The second-order valence-corrected chi connectivity index (χ2v) is 9.41. The highest BCUT2D eigenvalue weighted by Crippen LogP contribution is 2.31. The first kappa shape index (κ1) is 24.2. The number of hydrogen-bond acceptors (Lipinski definition) is 4. The van der Waals surface area contributed by atoms with Gasteiger partial charge in [-0.05, 0) is 75.2 Å². The molecule has 1 unspecified atom stereocenters. The largest absolute Gasteiger partial charge is 0.383 e. The SMILES string of the molecule is COCCN(C)C1CCN(C(=O)c2cc(NCc3ccc(F)cc3C)c3[nH]c(C)c(C)c3c2)C1. The molecule has 1 amide bonds. The molecular weight excluding hydrogens is 431 g/mol. The third kappa shape index (κ3) is 4.95. The number of H-pyrrole nitrogens is 1. The minimum atomic E-state index is -0.233. The second kappa shape index (κ2) is 10.2. The fourth-order valence-electron chi connectivity index (χ4n) is 4.75. The van der Waals surface area contributed by atoms with Crippen molar-refractivity contribution in [3.8, 4) is 0 Å². The summed E-state index contributed by atoms with van der Waals surface area (Å²) in [5.74, 6) is -0.174. The van der Waals surface area contributed by atoms with E-state index in [1.807, 2.05) is 30.9 Å². The zero-order valence-corrected chi connectivity index (χ0v) is 20.8. The topological polar surface area (TPSA) is 60.6 Å². The molecule has 0 aliphatic carbocycles. The summed E-state index contributed by atoms with van der Waals surface area (Å²) in [6.07, 6.45) is 0.964. The Morgan fingerprint density at radius 1 is 1.26 bits per heavy atom. The lowest BCUT2D eigenvalue weighted by molar-refractivity contribution is 0.0775. The summed E-state index contributed by atoms with van der Waals surface area (Å²) in [6.45, 7) is 9.60. The van der Waals surface area contributed by atoms with Crippen molar-refractivity contribution in [2.45, 2.75) is 39.8 Å². The molecule has 2 aromatic carbocycles. The molecule has 7 heteroatoms. The molecule has 1 atom stereocenters. The van der Waals surface area contributed by atoms with Crippen LogP contribution >= 0.6 is 0 Å². The van der Waals surface area contributed by atoms with Crippen molar-refractivity contribution >= 4 is 22.5 Å². The van der Waals surface area contributed by atoms with E-state index < -0.39 is 0 Å². The number of rotatable bonds is 8. The first-order valence-electron chi connectivity index (χ1n) is 11.9. The lowest BCUT2D eigenvalue weighted by atomic mass is 10.1. The van der Waals surface area contributed by atoms with Crippen LogP contribution in [0.4, 0.5) is 10.1 Å². The molecule has 1 aliphatic heterocycles. The lowest BCUT2D eigenvalue weighted by Gasteiger charge is -2.24. The molecule has 182 valence electrons. The van der Waals surface area contributed by atoms with Gasteiger partial charge in [0.15, 0.2) is 0 Å². The molecule has 0 bridgehead atoms. The van der Waals surface area contributed by atoms with E-state index in [2.05, 4.69) is 29.2 Å². The molecule has 2 heterocycles. The van der Waals surface area contributed by atoms with Gasteiger partial charge in [0.25, 0.3) is 5.91 Å². The van der Waals surface area contributed by atoms with Crippen molar-refractivity contribution in [2.75, 3.05) is 45.7 Å². The van der Waals surface area contributed by atoms with Gasteiger partial charge in [0.1, 0.15) is 5.82 Å². The Hall–Kier alpha value is -2.90. The Balaban J connectivity index is 1.58. The van der Waals surface area contributed by atoms with E-state index in [0.717, 1.165) is 65.0 Å². The van der Waals surface area contributed by atoms with E-state index in [9.17, 15) is 9.18 Å². The van der Waals surface area contributed by atoms with Crippen LogP contribution in [-0.2, 0) is 11.3 Å². The third-order valence-corrected chi connectivity index (χ3v) is 7.16. The molecule has 1 saturated heterocycles. The number of aromatic amines is 1. The number of aryl methyl sites for hydroxylation is 3. The number of likely N-dealkylation sites (tertiary alicyclic amines) is 1. The van der Waals surface area contributed by atoms with Crippen molar-refractivity contribution in [3.63, 3.8) is 0 Å². The van der Waals surface area contributed by atoms with E-state index in [1.54, 1.807) is 19.2 Å². The van der Waals surface area contributed by atoms with Crippen LogP contribution in [0.5, 0.6) is 0 Å². The minimum Gasteiger partial charge on any atom is -0.383 e. The van der Waals surface area contributed by atoms with Crippen LogP contribution in [0.15, 0.2) is 30.3 Å². The molecule has 1 fully saturated rings. The van der Waals surface area contributed by atoms with E-state index in [-0.39, 0.29) is 11.7 Å². The minimum absolute atomic E-state index is 0.0591. The third-order valence-electron chi connectivity index (χ3n) is 7.16. The molecule has 3 aromatic rings. The van der Waals surface area contributed by atoms with Crippen LogP contribution in [0.3, 0.4) is 0 Å². The van der Waals surface area contributed by atoms with Gasteiger partial charge in [-0.25, -0.2) is 4.39 Å². The van der Waals surface area contributed by atoms with Crippen LogP contribution in [0.25, 0.3) is 10.9 Å². The number of methoxy groups -OCH3 is 1. The molecule has 0 saturated carbocycles. The molecule has 0 spiro atoms. The Morgan fingerprint density at radius 2 is 2.06 bits per heavy atom. The van der Waals surface area contributed by atoms with Gasteiger partial charge in [-0.2, -0.15) is 0 Å². The summed E-state index contributed by atoms with van der Waals surface area (Å²) in [5, 5.41) is 4.54. The number of hydrogen-bond donors (Lipinski definition) is 2. The molecule has 34 heavy (non-hydrogen) atoms. The summed E-state index contributed by atoms with van der Waals surface area (Å²) in [7, 11) is 3.80. The van der Waals surface area contributed by atoms with Gasteiger partial charge < -0.3 is 19.9 Å². The van der Waals surface area contributed by atoms with Crippen LogP contribution in [0.1, 0.15) is 39.2 Å². The predicted octanol–water partition coefficient (Wildman–Crippen LogP) is 4.64. The number of aromatic nitrogens is 1. The monoisotopic (exact) mass is 466 g/mol. The van der Waals surface area contributed by atoms with Crippen LogP contribution < -0.4 is 5.32 Å².